The van der Waals surface area contributed by atoms with Crippen molar-refractivity contribution in [2.45, 2.75) is 13.0 Å². The molecular formula is C11H13N3O3. The minimum absolute atomic E-state index is 0.0259. The minimum Gasteiger partial charge on any atom is -0.335 e. The van der Waals surface area contributed by atoms with Crippen molar-refractivity contribution in [1.29, 1.82) is 0 Å². The molecule has 1 aromatic rings. The summed E-state index contributed by atoms with van der Waals surface area (Å²) in [6.07, 6.45) is 0. The van der Waals surface area contributed by atoms with Crippen LogP contribution in [0.2, 0.25) is 0 Å². The molecule has 1 amide bonds. The van der Waals surface area contributed by atoms with Crippen LogP contribution in [0.3, 0.4) is 0 Å². The van der Waals surface area contributed by atoms with Gasteiger partial charge in [0, 0.05) is 36.8 Å². The number of aryl methyl sites for hydroxylation is 1. The summed E-state index contributed by atoms with van der Waals surface area (Å²) >= 11 is 0. The molecule has 2 rings (SSSR count). The van der Waals surface area contributed by atoms with Gasteiger partial charge in [0.15, 0.2) is 0 Å². The molecule has 1 aliphatic rings. The van der Waals surface area contributed by atoms with E-state index in [1.54, 1.807) is 17.9 Å². The van der Waals surface area contributed by atoms with E-state index in [1.807, 2.05) is 0 Å². The number of hydrogen-bond donors (Lipinski definition) is 1. The Labute approximate surface area is 98.2 Å². The molecule has 0 saturated carbocycles. The van der Waals surface area contributed by atoms with E-state index in [9.17, 15) is 14.9 Å². The summed E-state index contributed by atoms with van der Waals surface area (Å²) in [6, 6.07) is 4.33. The second-order valence-corrected chi connectivity index (χ2v) is 4.23. The highest BCUT2D eigenvalue weighted by Gasteiger charge is 2.29. The lowest BCUT2D eigenvalue weighted by atomic mass is 10.0. The van der Waals surface area contributed by atoms with Gasteiger partial charge in [-0.3, -0.25) is 14.9 Å². The molecule has 0 spiro atoms. The number of hydrogen-bond acceptors (Lipinski definition) is 4. The van der Waals surface area contributed by atoms with Gasteiger partial charge in [0.05, 0.1) is 4.92 Å². The molecule has 0 bridgehead atoms. The maximum Gasteiger partial charge on any atom is 0.270 e. The van der Waals surface area contributed by atoms with Crippen molar-refractivity contribution in [1.82, 2.24) is 4.90 Å². The van der Waals surface area contributed by atoms with Gasteiger partial charge in [0.1, 0.15) is 0 Å². The quantitative estimate of drug-likeness (QED) is 0.603. The van der Waals surface area contributed by atoms with E-state index in [2.05, 4.69) is 0 Å². The number of nitrogens with two attached hydrogens (primary N) is 1. The largest absolute Gasteiger partial charge is 0.335 e. The van der Waals surface area contributed by atoms with E-state index >= 15 is 0 Å². The number of likely N-dealkylation sites (tertiary alicyclic amines) is 1. The zero-order chi connectivity index (χ0) is 12.6. The SMILES string of the molecule is Cc1ccc([N+](=O)[O-])cc1C(=O)N1CC(N)C1. The van der Waals surface area contributed by atoms with Crippen molar-refractivity contribution in [3.63, 3.8) is 0 Å². The highest BCUT2D eigenvalue weighted by molar-refractivity contribution is 5.96. The second-order valence-electron chi connectivity index (χ2n) is 4.23. The van der Waals surface area contributed by atoms with E-state index in [1.165, 1.54) is 12.1 Å². The standard InChI is InChI=1S/C11H13N3O3/c1-7-2-3-9(14(16)17)4-10(7)11(15)13-5-8(12)6-13/h2-4,8H,5-6,12H2,1H3. The van der Waals surface area contributed by atoms with Crippen molar-refractivity contribution < 1.29 is 9.72 Å². The van der Waals surface area contributed by atoms with Gasteiger partial charge in [-0.15, -0.1) is 0 Å². The Hall–Kier alpha value is -1.95. The van der Waals surface area contributed by atoms with Crippen LogP contribution in [0, 0.1) is 17.0 Å². The van der Waals surface area contributed by atoms with Crippen molar-refractivity contribution >= 4 is 11.6 Å². The molecule has 0 unspecified atom stereocenters. The van der Waals surface area contributed by atoms with Crippen molar-refractivity contribution in [3.8, 4) is 0 Å². The van der Waals surface area contributed by atoms with Gasteiger partial charge in [-0.05, 0) is 12.5 Å². The smallest absolute Gasteiger partial charge is 0.270 e. The number of nitro groups is 1. The fraction of sp³-hybridized carbons (Fsp3) is 0.364. The third-order valence-corrected chi connectivity index (χ3v) is 2.86. The number of amides is 1. The molecule has 1 aromatic carbocycles. The van der Waals surface area contributed by atoms with Gasteiger partial charge in [0.2, 0.25) is 0 Å². The van der Waals surface area contributed by atoms with Gasteiger partial charge in [0.25, 0.3) is 11.6 Å². The molecule has 6 nitrogen and oxygen atoms in total. The first-order valence-corrected chi connectivity index (χ1v) is 5.29. The second kappa shape index (κ2) is 4.14. The Morgan fingerprint density at radius 2 is 2.18 bits per heavy atom. The monoisotopic (exact) mass is 235 g/mol. The van der Waals surface area contributed by atoms with Gasteiger partial charge >= 0.3 is 0 Å². The highest BCUT2D eigenvalue weighted by Crippen LogP contribution is 2.20. The molecule has 1 heterocycles. The normalized spacial score (nSPS) is 15.5. The molecule has 6 heteroatoms. The lowest BCUT2D eigenvalue weighted by Gasteiger charge is -2.37. The summed E-state index contributed by atoms with van der Waals surface area (Å²) in [4.78, 5) is 23.8. The van der Waals surface area contributed by atoms with Gasteiger partial charge in [-0.25, -0.2) is 0 Å². The predicted octanol–water partition coefficient (Wildman–Crippen LogP) is 0.686. The Morgan fingerprint density at radius 3 is 2.71 bits per heavy atom. The number of carbonyl (C=O) groups is 1. The summed E-state index contributed by atoms with van der Waals surface area (Å²) in [5, 5.41) is 10.7. The highest BCUT2D eigenvalue weighted by atomic mass is 16.6. The number of benzene rings is 1. The molecule has 0 aromatic heterocycles. The van der Waals surface area contributed by atoms with Crippen molar-refractivity contribution in [2.75, 3.05) is 13.1 Å². The van der Waals surface area contributed by atoms with Gasteiger partial charge in [-0.1, -0.05) is 6.07 Å². The van der Waals surface area contributed by atoms with Gasteiger partial charge < -0.3 is 10.6 Å². The van der Waals surface area contributed by atoms with Crippen LogP contribution < -0.4 is 5.73 Å². The molecule has 17 heavy (non-hydrogen) atoms. The molecule has 1 fully saturated rings. The molecule has 1 saturated heterocycles. The van der Waals surface area contributed by atoms with E-state index in [0.717, 1.165) is 5.56 Å². The minimum atomic E-state index is -0.502. The van der Waals surface area contributed by atoms with E-state index in [0.29, 0.717) is 18.7 Å². The van der Waals surface area contributed by atoms with Crippen LogP contribution in [0.5, 0.6) is 0 Å². The lowest BCUT2D eigenvalue weighted by Crippen LogP contribution is -2.57. The number of nitrogens with zero attached hydrogens (tertiary/aromatic N) is 2. The van der Waals surface area contributed by atoms with E-state index < -0.39 is 4.92 Å². The maximum absolute atomic E-state index is 12.0. The summed E-state index contributed by atoms with van der Waals surface area (Å²) in [7, 11) is 0. The molecule has 1 aliphatic heterocycles. The van der Waals surface area contributed by atoms with E-state index in [-0.39, 0.29) is 17.6 Å². The summed E-state index contributed by atoms with van der Waals surface area (Å²) in [6.45, 7) is 2.79. The van der Waals surface area contributed by atoms with Crippen LogP contribution in [0.1, 0.15) is 15.9 Å². The van der Waals surface area contributed by atoms with E-state index in [4.69, 9.17) is 5.73 Å². The lowest BCUT2D eigenvalue weighted by molar-refractivity contribution is -0.384. The summed E-state index contributed by atoms with van der Waals surface area (Å²) < 4.78 is 0. The molecule has 2 N–H and O–H groups in total. The zero-order valence-electron chi connectivity index (χ0n) is 9.42. The van der Waals surface area contributed by atoms with Gasteiger partial charge in [-0.2, -0.15) is 0 Å². The maximum atomic E-state index is 12.0. The molecule has 0 aliphatic carbocycles. The van der Waals surface area contributed by atoms with Crippen LogP contribution in [-0.4, -0.2) is 34.9 Å². The Bertz CT molecular complexity index is 481. The number of carbonyl (C=O) groups excluding carboxylic acids is 1. The number of rotatable bonds is 2. The third-order valence-electron chi connectivity index (χ3n) is 2.86. The molecular weight excluding hydrogens is 222 g/mol. The van der Waals surface area contributed by atoms with Crippen molar-refractivity contribution in [3.05, 3.63) is 39.4 Å². The topological polar surface area (TPSA) is 89.5 Å². The van der Waals surface area contributed by atoms with Crippen LogP contribution in [0.15, 0.2) is 18.2 Å². The third kappa shape index (κ3) is 2.12. The Morgan fingerprint density at radius 1 is 1.53 bits per heavy atom. The molecule has 0 radical (unpaired) electrons. The fourth-order valence-corrected chi connectivity index (χ4v) is 1.80. The first-order chi connectivity index (χ1) is 7.99. The predicted molar refractivity (Wildman–Crippen MR) is 61.7 cm³/mol. The zero-order valence-corrected chi connectivity index (χ0v) is 9.42. The van der Waals surface area contributed by atoms with Crippen LogP contribution in [0.25, 0.3) is 0 Å². The fourth-order valence-electron chi connectivity index (χ4n) is 1.80. The Balaban J connectivity index is 2.27. The first kappa shape index (κ1) is 11.5. The first-order valence-electron chi connectivity index (χ1n) is 5.29. The Kier molecular flexibility index (Phi) is 2.81. The average molecular weight is 235 g/mol. The molecule has 90 valence electrons. The average Bonchev–Trinajstić information content (AvgIpc) is 2.24. The van der Waals surface area contributed by atoms with Crippen molar-refractivity contribution in [2.24, 2.45) is 5.73 Å². The summed E-state index contributed by atoms with van der Waals surface area (Å²) in [5.41, 5.74) is 6.65. The van der Waals surface area contributed by atoms with Crippen LogP contribution in [-0.2, 0) is 0 Å². The van der Waals surface area contributed by atoms with Crippen LogP contribution in [0.4, 0.5) is 5.69 Å². The summed E-state index contributed by atoms with van der Waals surface area (Å²) in [5.74, 6) is -0.187. The number of non-ortho nitro benzene ring substituents is 1. The number of nitro benzene ring substituents is 1. The van der Waals surface area contributed by atoms with Crippen LogP contribution >= 0.6 is 0 Å². The molecule has 0 atom stereocenters.